The molecule has 0 atom stereocenters. The first kappa shape index (κ1) is 17.7. The molecule has 1 N–H and O–H groups in total. The van der Waals surface area contributed by atoms with Crippen LogP contribution in [0.3, 0.4) is 0 Å². The van der Waals surface area contributed by atoms with E-state index in [2.05, 4.69) is 42.2 Å². The number of aromatic nitrogens is 3. The van der Waals surface area contributed by atoms with E-state index in [1.807, 2.05) is 63.9 Å². The lowest BCUT2D eigenvalue weighted by Gasteiger charge is -2.18. The van der Waals surface area contributed by atoms with Gasteiger partial charge in [-0.25, -0.2) is 4.98 Å². The molecule has 0 amide bonds. The van der Waals surface area contributed by atoms with Crippen molar-refractivity contribution in [1.82, 2.24) is 15.0 Å². The topological polar surface area (TPSA) is 57.2 Å². The number of hydrogen-bond donors (Lipinski definition) is 1. The number of hydrogen-bond acceptors (Lipinski definition) is 6. The van der Waals surface area contributed by atoms with Gasteiger partial charge in [0.1, 0.15) is 5.82 Å². The Hall–Kier alpha value is -3.15. The van der Waals surface area contributed by atoms with Gasteiger partial charge in [0.2, 0.25) is 5.95 Å². The van der Waals surface area contributed by atoms with Gasteiger partial charge in [-0.1, -0.05) is 0 Å². The van der Waals surface area contributed by atoms with Crippen molar-refractivity contribution in [2.45, 2.75) is 6.42 Å². The van der Waals surface area contributed by atoms with E-state index in [0.717, 1.165) is 30.2 Å². The number of nitrogens with zero attached hydrogens (tertiary/aromatic N) is 5. The van der Waals surface area contributed by atoms with Gasteiger partial charge >= 0.3 is 0 Å². The fourth-order valence-corrected chi connectivity index (χ4v) is 2.54. The third-order valence-corrected chi connectivity index (χ3v) is 4.13. The van der Waals surface area contributed by atoms with Crippen molar-refractivity contribution in [2.24, 2.45) is 0 Å². The number of anilines is 4. The minimum Gasteiger partial charge on any atom is -0.378 e. The van der Waals surface area contributed by atoms with Gasteiger partial charge in [0, 0.05) is 57.7 Å². The standard InChI is InChI=1S/C20H24N6/c1-25(2)18-6-4-17(5-7-18)23-19-10-14-22-20(24-19)26(3)15-11-16-8-12-21-13-9-16/h4-10,12-14H,11,15H2,1-3H3,(H,22,23,24). The number of pyridine rings is 1. The number of nitrogens with one attached hydrogen (secondary N) is 1. The highest BCUT2D eigenvalue weighted by molar-refractivity contribution is 5.61. The maximum Gasteiger partial charge on any atom is 0.227 e. The van der Waals surface area contributed by atoms with Crippen LogP contribution >= 0.6 is 0 Å². The molecule has 3 aromatic rings. The van der Waals surface area contributed by atoms with E-state index < -0.39 is 0 Å². The Morgan fingerprint density at radius 2 is 1.62 bits per heavy atom. The monoisotopic (exact) mass is 348 g/mol. The maximum absolute atomic E-state index is 4.62. The van der Waals surface area contributed by atoms with Gasteiger partial charge in [-0.15, -0.1) is 0 Å². The summed E-state index contributed by atoms with van der Waals surface area (Å²) >= 11 is 0. The Balaban J connectivity index is 1.63. The van der Waals surface area contributed by atoms with E-state index in [-0.39, 0.29) is 0 Å². The SMILES string of the molecule is CN(C)c1ccc(Nc2ccnc(N(C)CCc3ccncc3)n2)cc1. The summed E-state index contributed by atoms with van der Waals surface area (Å²) in [6.07, 6.45) is 6.34. The van der Waals surface area contributed by atoms with Crippen LogP contribution in [0, 0.1) is 0 Å². The van der Waals surface area contributed by atoms with Crippen LogP contribution in [0.15, 0.2) is 61.1 Å². The molecule has 0 spiro atoms. The highest BCUT2D eigenvalue weighted by atomic mass is 15.2. The van der Waals surface area contributed by atoms with Gasteiger partial charge in [-0.3, -0.25) is 4.98 Å². The van der Waals surface area contributed by atoms with Crippen LogP contribution in [0.2, 0.25) is 0 Å². The molecule has 0 radical (unpaired) electrons. The maximum atomic E-state index is 4.62. The van der Waals surface area contributed by atoms with Crippen molar-refractivity contribution in [1.29, 1.82) is 0 Å². The van der Waals surface area contributed by atoms with Gasteiger partial charge in [-0.05, 0) is 54.4 Å². The summed E-state index contributed by atoms with van der Waals surface area (Å²) in [6.45, 7) is 0.838. The molecule has 2 heterocycles. The minimum absolute atomic E-state index is 0.703. The van der Waals surface area contributed by atoms with Crippen molar-refractivity contribution >= 4 is 23.1 Å². The van der Waals surface area contributed by atoms with Gasteiger partial charge in [0.15, 0.2) is 0 Å². The van der Waals surface area contributed by atoms with Crippen molar-refractivity contribution in [3.05, 3.63) is 66.6 Å². The van der Waals surface area contributed by atoms with Gasteiger partial charge in [-0.2, -0.15) is 4.98 Å². The zero-order valence-electron chi connectivity index (χ0n) is 15.4. The lowest BCUT2D eigenvalue weighted by atomic mass is 10.2. The molecule has 6 nitrogen and oxygen atoms in total. The third-order valence-electron chi connectivity index (χ3n) is 4.13. The Bertz CT molecular complexity index is 817. The van der Waals surface area contributed by atoms with Gasteiger partial charge < -0.3 is 15.1 Å². The second-order valence-corrected chi connectivity index (χ2v) is 6.34. The van der Waals surface area contributed by atoms with Crippen LogP contribution in [0.25, 0.3) is 0 Å². The van der Waals surface area contributed by atoms with Crippen molar-refractivity contribution in [2.75, 3.05) is 42.8 Å². The van der Waals surface area contributed by atoms with E-state index in [1.54, 1.807) is 6.20 Å². The molecule has 0 fully saturated rings. The summed E-state index contributed by atoms with van der Waals surface area (Å²) in [5.74, 6) is 1.48. The summed E-state index contributed by atoms with van der Waals surface area (Å²) in [6, 6.07) is 14.2. The highest BCUT2D eigenvalue weighted by Gasteiger charge is 2.06. The number of likely N-dealkylation sites (N-methyl/N-ethyl adjacent to an activating group) is 1. The summed E-state index contributed by atoms with van der Waals surface area (Å²) < 4.78 is 0. The largest absolute Gasteiger partial charge is 0.378 e. The molecule has 1 aromatic carbocycles. The minimum atomic E-state index is 0.703. The summed E-state index contributed by atoms with van der Waals surface area (Å²) in [4.78, 5) is 17.2. The number of benzene rings is 1. The normalized spacial score (nSPS) is 10.4. The van der Waals surface area contributed by atoms with E-state index in [4.69, 9.17) is 0 Å². The molecule has 0 bridgehead atoms. The molecule has 0 saturated heterocycles. The second-order valence-electron chi connectivity index (χ2n) is 6.34. The van der Waals surface area contributed by atoms with E-state index in [0.29, 0.717) is 5.95 Å². The molecule has 6 heteroatoms. The predicted octanol–water partition coefficient (Wildman–Crippen LogP) is 3.36. The molecule has 134 valence electrons. The molecule has 0 aliphatic heterocycles. The average molecular weight is 348 g/mol. The smallest absolute Gasteiger partial charge is 0.227 e. The van der Waals surface area contributed by atoms with Crippen molar-refractivity contribution < 1.29 is 0 Å². The molecule has 26 heavy (non-hydrogen) atoms. The molecule has 0 unspecified atom stereocenters. The van der Waals surface area contributed by atoms with Crippen LogP contribution < -0.4 is 15.1 Å². The Morgan fingerprint density at radius 3 is 2.31 bits per heavy atom. The molecule has 0 aliphatic rings. The van der Waals surface area contributed by atoms with Crippen molar-refractivity contribution in [3.8, 4) is 0 Å². The Morgan fingerprint density at radius 1 is 0.885 bits per heavy atom. The molecule has 3 rings (SSSR count). The first-order valence-electron chi connectivity index (χ1n) is 8.59. The van der Waals surface area contributed by atoms with Crippen LogP contribution in [0.1, 0.15) is 5.56 Å². The van der Waals surface area contributed by atoms with Gasteiger partial charge in [0.05, 0.1) is 0 Å². The van der Waals surface area contributed by atoms with Gasteiger partial charge in [0.25, 0.3) is 0 Å². The fourth-order valence-electron chi connectivity index (χ4n) is 2.54. The van der Waals surface area contributed by atoms with Crippen molar-refractivity contribution in [3.63, 3.8) is 0 Å². The average Bonchev–Trinajstić information content (AvgIpc) is 2.67. The molecular formula is C20H24N6. The molecular weight excluding hydrogens is 324 g/mol. The van der Waals surface area contributed by atoms with E-state index >= 15 is 0 Å². The second kappa shape index (κ2) is 8.29. The number of rotatable bonds is 7. The highest BCUT2D eigenvalue weighted by Crippen LogP contribution is 2.20. The predicted molar refractivity (Wildman–Crippen MR) is 107 cm³/mol. The van der Waals surface area contributed by atoms with E-state index in [1.165, 1.54) is 5.56 Å². The lowest BCUT2D eigenvalue weighted by Crippen LogP contribution is -2.22. The van der Waals surface area contributed by atoms with Crippen LogP contribution in [0.5, 0.6) is 0 Å². The van der Waals surface area contributed by atoms with E-state index in [9.17, 15) is 0 Å². The van der Waals surface area contributed by atoms with Crippen LogP contribution in [-0.4, -0.2) is 42.6 Å². The summed E-state index contributed by atoms with van der Waals surface area (Å²) in [5.41, 5.74) is 3.41. The summed E-state index contributed by atoms with van der Waals surface area (Å²) in [5, 5.41) is 3.33. The first-order valence-corrected chi connectivity index (χ1v) is 8.59. The molecule has 0 aliphatic carbocycles. The molecule has 0 saturated carbocycles. The quantitative estimate of drug-likeness (QED) is 0.706. The lowest BCUT2D eigenvalue weighted by molar-refractivity contribution is 0.837. The Kier molecular flexibility index (Phi) is 5.63. The van der Waals surface area contributed by atoms with Crippen LogP contribution in [0.4, 0.5) is 23.1 Å². The Labute approximate surface area is 154 Å². The fraction of sp³-hybridized carbons (Fsp3) is 0.250. The van der Waals surface area contributed by atoms with Crippen LogP contribution in [-0.2, 0) is 6.42 Å². The summed E-state index contributed by atoms with van der Waals surface area (Å²) in [7, 11) is 6.06. The third kappa shape index (κ3) is 4.69. The molecule has 2 aromatic heterocycles. The first-order chi connectivity index (χ1) is 12.6. The zero-order chi connectivity index (χ0) is 18.4. The zero-order valence-corrected chi connectivity index (χ0v) is 15.4.